The predicted octanol–water partition coefficient (Wildman–Crippen LogP) is 3.20. The Morgan fingerprint density at radius 2 is 2.19 bits per heavy atom. The molecule has 16 heavy (non-hydrogen) atoms. The summed E-state index contributed by atoms with van der Waals surface area (Å²) >= 11 is 6.05. The fourth-order valence-corrected chi connectivity index (χ4v) is 2.47. The zero-order valence-corrected chi connectivity index (χ0v) is 10.6. The van der Waals surface area contributed by atoms with Crippen molar-refractivity contribution in [3.8, 4) is 5.75 Å². The maximum atomic E-state index is 6.05. The zero-order valence-electron chi connectivity index (χ0n) is 9.79. The summed E-state index contributed by atoms with van der Waals surface area (Å²) < 4.78 is 5.39. The molecule has 2 nitrogen and oxygen atoms in total. The Morgan fingerprint density at radius 3 is 2.81 bits per heavy atom. The van der Waals surface area contributed by atoms with Gasteiger partial charge in [-0.15, -0.1) is 0 Å². The quantitative estimate of drug-likeness (QED) is 0.856. The molecule has 2 rings (SSSR count). The molecule has 2 unspecified atom stereocenters. The van der Waals surface area contributed by atoms with Crippen molar-refractivity contribution in [2.45, 2.75) is 31.7 Å². The molecule has 88 valence electrons. The molecule has 0 bridgehead atoms. The van der Waals surface area contributed by atoms with E-state index >= 15 is 0 Å². The van der Waals surface area contributed by atoms with Crippen molar-refractivity contribution >= 4 is 11.6 Å². The summed E-state index contributed by atoms with van der Waals surface area (Å²) in [5.74, 6) is 1.47. The Morgan fingerprint density at radius 1 is 1.38 bits per heavy atom. The van der Waals surface area contributed by atoms with Gasteiger partial charge in [-0.2, -0.15) is 0 Å². The van der Waals surface area contributed by atoms with Crippen molar-refractivity contribution in [1.29, 1.82) is 0 Å². The van der Waals surface area contributed by atoms with Gasteiger partial charge in [0.15, 0.2) is 0 Å². The smallest absolute Gasteiger partial charge is 0.122 e. The molecule has 1 aliphatic heterocycles. The normalized spacial score (nSPS) is 25.4. The number of ether oxygens (including phenoxy) is 1. The molecule has 0 amide bonds. The zero-order chi connectivity index (χ0) is 11.5. The van der Waals surface area contributed by atoms with Gasteiger partial charge in [0.25, 0.3) is 0 Å². The predicted molar refractivity (Wildman–Crippen MR) is 67.4 cm³/mol. The molecule has 3 heteroatoms. The van der Waals surface area contributed by atoms with Gasteiger partial charge in [0.1, 0.15) is 5.75 Å². The van der Waals surface area contributed by atoms with E-state index in [1.807, 2.05) is 18.2 Å². The van der Waals surface area contributed by atoms with Gasteiger partial charge in [0.2, 0.25) is 0 Å². The molecule has 0 aliphatic carbocycles. The molecular formula is C13H18ClNO. The van der Waals surface area contributed by atoms with Crippen LogP contribution < -0.4 is 10.1 Å². The molecular weight excluding hydrogens is 222 g/mol. The Balaban J connectivity index is 2.21. The topological polar surface area (TPSA) is 21.3 Å². The number of halogens is 1. The molecule has 1 fully saturated rings. The summed E-state index contributed by atoms with van der Waals surface area (Å²) in [7, 11) is 1.71. The van der Waals surface area contributed by atoms with Gasteiger partial charge in [0.05, 0.1) is 7.11 Å². The minimum absolute atomic E-state index is 0.518. The van der Waals surface area contributed by atoms with Crippen LogP contribution >= 0.6 is 11.6 Å². The lowest BCUT2D eigenvalue weighted by molar-refractivity contribution is 0.364. The Bertz CT molecular complexity index is 359. The highest BCUT2D eigenvalue weighted by Gasteiger charge is 2.21. The second-order valence-corrected chi connectivity index (χ2v) is 4.91. The second kappa shape index (κ2) is 5.07. The Hall–Kier alpha value is -0.730. The fourth-order valence-electron chi connectivity index (χ4n) is 2.29. The van der Waals surface area contributed by atoms with E-state index in [2.05, 4.69) is 12.2 Å². The lowest BCUT2D eigenvalue weighted by Crippen LogP contribution is -2.35. The molecule has 1 aromatic carbocycles. The highest BCUT2D eigenvalue weighted by atomic mass is 35.5. The molecule has 1 aliphatic rings. The van der Waals surface area contributed by atoms with Gasteiger partial charge in [-0.05, 0) is 43.5 Å². The van der Waals surface area contributed by atoms with E-state index in [-0.39, 0.29) is 0 Å². The number of hydrogen-bond donors (Lipinski definition) is 1. The van der Waals surface area contributed by atoms with Crippen LogP contribution in [0.1, 0.15) is 31.2 Å². The summed E-state index contributed by atoms with van der Waals surface area (Å²) in [6, 6.07) is 6.49. The maximum Gasteiger partial charge on any atom is 0.122 e. The van der Waals surface area contributed by atoms with E-state index in [0.717, 1.165) is 17.3 Å². The molecule has 0 spiro atoms. The highest BCUT2D eigenvalue weighted by molar-refractivity contribution is 6.30. The van der Waals surface area contributed by atoms with E-state index in [1.165, 1.54) is 18.4 Å². The summed E-state index contributed by atoms with van der Waals surface area (Å²) in [6.07, 6.45) is 2.41. The van der Waals surface area contributed by atoms with Crippen LogP contribution in [0.5, 0.6) is 5.75 Å². The van der Waals surface area contributed by atoms with Gasteiger partial charge in [-0.1, -0.05) is 11.6 Å². The van der Waals surface area contributed by atoms with Crippen molar-refractivity contribution in [3.05, 3.63) is 28.8 Å². The average Bonchev–Trinajstić information content (AvgIpc) is 2.30. The van der Waals surface area contributed by atoms with Crippen LogP contribution in [0.3, 0.4) is 0 Å². The van der Waals surface area contributed by atoms with Gasteiger partial charge in [-0.25, -0.2) is 0 Å². The number of piperidine rings is 1. The number of hydrogen-bond acceptors (Lipinski definition) is 2. The Kier molecular flexibility index (Phi) is 3.72. The van der Waals surface area contributed by atoms with E-state index < -0.39 is 0 Å². The summed E-state index contributed by atoms with van der Waals surface area (Å²) in [4.78, 5) is 0. The molecule has 1 heterocycles. The lowest BCUT2D eigenvalue weighted by atomic mass is 9.88. The molecule has 0 radical (unpaired) electrons. The first-order chi connectivity index (χ1) is 7.70. The van der Waals surface area contributed by atoms with Crippen LogP contribution in [0.4, 0.5) is 0 Å². The van der Waals surface area contributed by atoms with Gasteiger partial charge >= 0.3 is 0 Å². The van der Waals surface area contributed by atoms with E-state index in [4.69, 9.17) is 16.3 Å². The van der Waals surface area contributed by atoms with Crippen LogP contribution in [-0.2, 0) is 0 Å². The van der Waals surface area contributed by atoms with E-state index in [1.54, 1.807) is 7.11 Å². The van der Waals surface area contributed by atoms with E-state index in [0.29, 0.717) is 12.0 Å². The molecule has 1 saturated heterocycles. The third kappa shape index (κ3) is 2.50. The maximum absolute atomic E-state index is 6.05. The first-order valence-electron chi connectivity index (χ1n) is 5.77. The molecule has 2 atom stereocenters. The first-order valence-corrected chi connectivity index (χ1v) is 6.15. The van der Waals surface area contributed by atoms with Gasteiger partial charge in [-0.3, -0.25) is 0 Å². The van der Waals surface area contributed by atoms with Crippen molar-refractivity contribution in [1.82, 2.24) is 5.32 Å². The van der Waals surface area contributed by atoms with Crippen molar-refractivity contribution in [2.24, 2.45) is 0 Å². The molecule has 0 aromatic heterocycles. The first kappa shape index (κ1) is 11.7. The number of methoxy groups -OCH3 is 1. The average molecular weight is 240 g/mol. The fraction of sp³-hybridized carbons (Fsp3) is 0.538. The summed E-state index contributed by atoms with van der Waals surface area (Å²) in [5, 5.41) is 4.29. The number of nitrogens with one attached hydrogen (secondary N) is 1. The van der Waals surface area contributed by atoms with Crippen LogP contribution in [0.2, 0.25) is 5.02 Å². The van der Waals surface area contributed by atoms with Crippen molar-refractivity contribution in [2.75, 3.05) is 13.7 Å². The van der Waals surface area contributed by atoms with Crippen molar-refractivity contribution < 1.29 is 4.74 Å². The largest absolute Gasteiger partial charge is 0.496 e. The molecule has 1 aromatic rings. The van der Waals surface area contributed by atoms with Crippen LogP contribution in [0.25, 0.3) is 0 Å². The van der Waals surface area contributed by atoms with Gasteiger partial charge in [0, 0.05) is 23.5 Å². The SMILES string of the molecule is COc1ccc(Cl)cc1C1CCC(C)NC1. The summed E-state index contributed by atoms with van der Waals surface area (Å²) in [6.45, 7) is 3.24. The van der Waals surface area contributed by atoms with Crippen LogP contribution in [0.15, 0.2) is 18.2 Å². The highest BCUT2D eigenvalue weighted by Crippen LogP contribution is 2.33. The minimum Gasteiger partial charge on any atom is -0.496 e. The number of rotatable bonds is 2. The standard InChI is InChI=1S/C13H18ClNO/c1-9-3-4-10(8-15-9)12-7-11(14)5-6-13(12)16-2/h5-7,9-10,15H,3-4,8H2,1-2H3. The summed E-state index contributed by atoms with van der Waals surface area (Å²) in [5.41, 5.74) is 1.23. The third-order valence-electron chi connectivity index (χ3n) is 3.29. The van der Waals surface area contributed by atoms with Crippen LogP contribution in [-0.4, -0.2) is 19.7 Å². The Labute approximate surface area is 102 Å². The van der Waals surface area contributed by atoms with Gasteiger partial charge < -0.3 is 10.1 Å². The number of benzene rings is 1. The van der Waals surface area contributed by atoms with Crippen molar-refractivity contribution in [3.63, 3.8) is 0 Å². The third-order valence-corrected chi connectivity index (χ3v) is 3.53. The van der Waals surface area contributed by atoms with Crippen LogP contribution in [0, 0.1) is 0 Å². The van der Waals surface area contributed by atoms with E-state index in [9.17, 15) is 0 Å². The monoisotopic (exact) mass is 239 g/mol. The second-order valence-electron chi connectivity index (χ2n) is 4.47. The molecule has 0 saturated carbocycles. The minimum atomic E-state index is 0.518. The molecule has 1 N–H and O–H groups in total. The lowest BCUT2D eigenvalue weighted by Gasteiger charge is -2.28.